The van der Waals surface area contributed by atoms with E-state index in [1.54, 1.807) is 12.1 Å². The molecule has 1 aromatic rings. The second kappa shape index (κ2) is 4.92. The van der Waals surface area contributed by atoms with Crippen LogP contribution in [0.15, 0.2) is 32.9 Å². The van der Waals surface area contributed by atoms with E-state index in [4.69, 9.17) is 4.42 Å². The van der Waals surface area contributed by atoms with Gasteiger partial charge in [-0.2, -0.15) is 0 Å². The van der Waals surface area contributed by atoms with Crippen molar-refractivity contribution in [3.8, 4) is 0 Å². The Kier molecular flexibility index (Phi) is 3.66. The lowest BCUT2D eigenvalue weighted by Gasteiger charge is -2.31. The van der Waals surface area contributed by atoms with Crippen molar-refractivity contribution in [2.75, 3.05) is 13.1 Å². The molecule has 0 aliphatic carbocycles. The van der Waals surface area contributed by atoms with Crippen LogP contribution in [0.3, 0.4) is 0 Å². The average molecular weight is 312 g/mol. The van der Waals surface area contributed by atoms with Gasteiger partial charge in [-0.25, -0.2) is 0 Å². The fourth-order valence-corrected chi connectivity index (χ4v) is 2.43. The molecule has 1 aliphatic heterocycles. The van der Waals surface area contributed by atoms with Crippen LogP contribution in [-0.2, 0) is 0 Å². The molecule has 0 unspecified atom stereocenters. The number of nitrogens with zero attached hydrogens (tertiary/aromatic N) is 1. The zero-order valence-electron chi connectivity index (χ0n) is 11.0. The smallest absolute Gasteiger partial charge is 0.289 e. The zero-order chi connectivity index (χ0) is 13.3. The molecule has 0 atom stereocenters. The number of carbonyl (C=O) groups is 1. The van der Waals surface area contributed by atoms with E-state index in [0.717, 1.165) is 13.0 Å². The number of halogens is 1. The van der Waals surface area contributed by atoms with Crippen LogP contribution in [0.2, 0.25) is 0 Å². The quantitative estimate of drug-likeness (QED) is 0.738. The third-order valence-corrected chi connectivity index (χ3v) is 3.67. The Morgan fingerprint density at radius 3 is 2.56 bits per heavy atom. The average Bonchev–Trinajstić information content (AvgIpc) is 2.74. The lowest BCUT2D eigenvalue weighted by Crippen LogP contribution is -2.36. The van der Waals surface area contributed by atoms with Crippen molar-refractivity contribution in [2.45, 2.75) is 27.2 Å². The molecule has 18 heavy (non-hydrogen) atoms. The largest absolute Gasteiger partial charge is 0.444 e. The predicted octanol–water partition coefficient (Wildman–Crippen LogP) is 3.86. The maximum Gasteiger partial charge on any atom is 0.289 e. The molecule has 3 nitrogen and oxygen atoms in total. The molecule has 0 bridgehead atoms. The molecule has 2 heterocycles. The molecule has 0 radical (unpaired) electrons. The van der Waals surface area contributed by atoms with Crippen LogP contribution in [0.25, 0.3) is 0 Å². The highest BCUT2D eigenvalue weighted by molar-refractivity contribution is 9.10. The van der Waals surface area contributed by atoms with Gasteiger partial charge in [-0.05, 0) is 39.9 Å². The lowest BCUT2D eigenvalue weighted by atomic mass is 9.83. The number of amides is 1. The summed E-state index contributed by atoms with van der Waals surface area (Å²) in [6.45, 7) is 8.06. The minimum absolute atomic E-state index is 0.0371. The van der Waals surface area contributed by atoms with Crippen molar-refractivity contribution < 1.29 is 9.21 Å². The van der Waals surface area contributed by atoms with E-state index in [1.807, 2.05) is 4.90 Å². The monoisotopic (exact) mass is 311 g/mol. The molecule has 2 rings (SSSR count). The van der Waals surface area contributed by atoms with Crippen LogP contribution in [-0.4, -0.2) is 23.9 Å². The molecule has 0 saturated carbocycles. The van der Waals surface area contributed by atoms with E-state index >= 15 is 0 Å². The van der Waals surface area contributed by atoms with Crippen LogP contribution in [0.1, 0.15) is 37.7 Å². The van der Waals surface area contributed by atoms with E-state index in [-0.39, 0.29) is 11.3 Å². The van der Waals surface area contributed by atoms with E-state index in [2.05, 4.69) is 42.8 Å². The van der Waals surface area contributed by atoms with E-state index in [1.165, 1.54) is 5.57 Å². The highest BCUT2D eigenvalue weighted by atomic mass is 79.9. The molecule has 1 amide bonds. The van der Waals surface area contributed by atoms with Gasteiger partial charge < -0.3 is 9.32 Å². The number of hydrogen-bond donors (Lipinski definition) is 0. The Morgan fingerprint density at radius 2 is 2.11 bits per heavy atom. The molecular formula is C14H18BrNO2. The molecule has 0 spiro atoms. The number of rotatable bonds is 1. The van der Waals surface area contributed by atoms with Crippen LogP contribution in [0, 0.1) is 5.41 Å². The third-order valence-electron chi connectivity index (χ3n) is 3.24. The van der Waals surface area contributed by atoms with Gasteiger partial charge in [0.25, 0.3) is 5.91 Å². The van der Waals surface area contributed by atoms with E-state index in [0.29, 0.717) is 17.0 Å². The summed E-state index contributed by atoms with van der Waals surface area (Å²) >= 11 is 3.21. The summed E-state index contributed by atoms with van der Waals surface area (Å²) < 4.78 is 5.89. The minimum atomic E-state index is -0.0371. The summed E-state index contributed by atoms with van der Waals surface area (Å²) in [6, 6.07) is 3.45. The van der Waals surface area contributed by atoms with Gasteiger partial charge in [-0.15, -0.1) is 0 Å². The van der Waals surface area contributed by atoms with Crippen molar-refractivity contribution in [3.63, 3.8) is 0 Å². The van der Waals surface area contributed by atoms with Gasteiger partial charge in [-0.1, -0.05) is 32.4 Å². The molecule has 4 heteroatoms. The van der Waals surface area contributed by atoms with Gasteiger partial charge in [0.15, 0.2) is 10.4 Å². The summed E-state index contributed by atoms with van der Waals surface area (Å²) in [5.74, 6) is 0.361. The second-order valence-electron chi connectivity index (χ2n) is 5.58. The molecule has 98 valence electrons. The van der Waals surface area contributed by atoms with Crippen molar-refractivity contribution in [3.05, 3.63) is 34.2 Å². The van der Waals surface area contributed by atoms with Crippen LogP contribution in [0.4, 0.5) is 0 Å². The molecule has 0 aromatic carbocycles. The van der Waals surface area contributed by atoms with Crippen molar-refractivity contribution in [2.24, 2.45) is 5.41 Å². The number of furan rings is 1. The number of hydrogen-bond acceptors (Lipinski definition) is 2. The normalized spacial score (nSPS) is 16.7. The van der Waals surface area contributed by atoms with E-state index < -0.39 is 0 Å². The van der Waals surface area contributed by atoms with Gasteiger partial charge >= 0.3 is 0 Å². The molecule has 1 aliphatic rings. The Hall–Kier alpha value is -1.03. The highest BCUT2D eigenvalue weighted by Gasteiger charge is 2.25. The predicted molar refractivity (Wildman–Crippen MR) is 74.5 cm³/mol. The van der Waals surface area contributed by atoms with Crippen LogP contribution < -0.4 is 0 Å². The first-order valence-corrected chi connectivity index (χ1v) is 6.91. The Labute approximate surface area is 116 Å². The Bertz CT molecular complexity index is 482. The molecule has 0 N–H and O–H groups in total. The standard InChI is InChI=1S/C14H18BrNO2/c1-14(2,3)10-6-8-16(9-7-10)13(17)11-4-5-12(15)18-11/h4-6H,7-9H2,1-3H3. The van der Waals surface area contributed by atoms with Crippen LogP contribution in [0.5, 0.6) is 0 Å². The molecule has 0 fully saturated rings. The van der Waals surface area contributed by atoms with Gasteiger partial charge in [0.05, 0.1) is 0 Å². The van der Waals surface area contributed by atoms with Gasteiger partial charge in [0.2, 0.25) is 0 Å². The SMILES string of the molecule is CC(C)(C)C1=CCN(C(=O)c2ccc(Br)o2)CC1. The zero-order valence-corrected chi connectivity index (χ0v) is 12.6. The minimum Gasteiger partial charge on any atom is -0.444 e. The van der Waals surface area contributed by atoms with Crippen molar-refractivity contribution in [1.29, 1.82) is 0 Å². The second-order valence-corrected chi connectivity index (χ2v) is 6.37. The first-order chi connectivity index (χ1) is 8.38. The number of carbonyl (C=O) groups excluding carboxylic acids is 1. The summed E-state index contributed by atoms with van der Waals surface area (Å²) in [4.78, 5) is 14.0. The topological polar surface area (TPSA) is 33.5 Å². The fraction of sp³-hybridized carbons (Fsp3) is 0.500. The summed E-state index contributed by atoms with van der Waals surface area (Å²) in [7, 11) is 0. The third kappa shape index (κ3) is 2.86. The van der Waals surface area contributed by atoms with Crippen LogP contribution >= 0.6 is 15.9 Å². The van der Waals surface area contributed by atoms with Gasteiger partial charge in [-0.3, -0.25) is 4.79 Å². The molecule has 0 saturated heterocycles. The van der Waals surface area contributed by atoms with Gasteiger partial charge in [0, 0.05) is 13.1 Å². The summed E-state index contributed by atoms with van der Waals surface area (Å²) in [5, 5.41) is 0. The maximum atomic E-state index is 12.2. The van der Waals surface area contributed by atoms with E-state index in [9.17, 15) is 4.79 Å². The van der Waals surface area contributed by atoms with Crippen molar-refractivity contribution in [1.82, 2.24) is 4.90 Å². The lowest BCUT2D eigenvalue weighted by molar-refractivity contribution is 0.0731. The van der Waals surface area contributed by atoms with Crippen molar-refractivity contribution >= 4 is 21.8 Å². The Morgan fingerprint density at radius 1 is 1.39 bits per heavy atom. The molecule has 1 aromatic heterocycles. The fourth-order valence-electron chi connectivity index (χ4n) is 2.12. The first kappa shape index (κ1) is 13.4. The first-order valence-electron chi connectivity index (χ1n) is 6.12. The summed E-state index contributed by atoms with van der Waals surface area (Å²) in [6.07, 6.45) is 3.11. The van der Waals surface area contributed by atoms with Gasteiger partial charge in [0.1, 0.15) is 0 Å². The Balaban J connectivity index is 2.06. The maximum absolute atomic E-state index is 12.2. The molecular weight excluding hydrogens is 294 g/mol. The summed E-state index contributed by atoms with van der Waals surface area (Å²) in [5.41, 5.74) is 1.62. The highest BCUT2D eigenvalue weighted by Crippen LogP contribution is 2.30.